The van der Waals surface area contributed by atoms with Crippen LogP contribution in [-0.4, -0.2) is 49.4 Å². The van der Waals surface area contributed by atoms with Gasteiger partial charge in [0.25, 0.3) is 0 Å². The molecule has 1 aliphatic rings. The van der Waals surface area contributed by atoms with Gasteiger partial charge in [-0.25, -0.2) is 0 Å². The molecule has 0 atom stereocenters. The van der Waals surface area contributed by atoms with Gasteiger partial charge in [-0.05, 0) is 51.0 Å². The van der Waals surface area contributed by atoms with E-state index in [0.717, 1.165) is 18.8 Å². The predicted octanol–water partition coefficient (Wildman–Crippen LogP) is 2.51. The fraction of sp³-hybridized carbons (Fsp3) is 0.556. The summed E-state index contributed by atoms with van der Waals surface area (Å²) in [4.78, 5) is 29.9. The Balaban J connectivity index is 2.11. The Morgan fingerprint density at radius 1 is 1.04 bits per heavy atom. The molecule has 5 heteroatoms. The second-order valence-electron chi connectivity index (χ2n) is 5.88. The van der Waals surface area contributed by atoms with E-state index in [1.165, 1.54) is 25.5 Å². The number of benzene rings is 1. The van der Waals surface area contributed by atoms with Gasteiger partial charge in [-0.15, -0.1) is 0 Å². The second-order valence-corrected chi connectivity index (χ2v) is 5.88. The summed E-state index contributed by atoms with van der Waals surface area (Å²) in [7, 11) is 0. The quantitative estimate of drug-likeness (QED) is 0.810. The van der Waals surface area contributed by atoms with Crippen LogP contribution in [-0.2, 0) is 9.59 Å². The van der Waals surface area contributed by atoms with Crippen molar-refractivity contribution in [1.82, 2.24) is 4.90 Å². The maximum absolute atomic E-state index is 12.3. The molecule has 0 N–H and O–H groups in total. The van der Waals surface area contributed by atoms with Gasteiger partial charge in [-0.1, -0.05) is 0 Å². The summed E-state index contributed by atoms with van der Waals surface area (Å²) in [6, 6.07) is 7.95. The first-order chi connectivity index (χ1) is 11.1. The lowest BCUT2D eigenvalue weighted by atomic mass is 10.2. The van der Waals surface area contributed by atoms with E-state index in [1.807, 2.05) is 38.1 Å². The smallest absolute Gasteiger partial charge is 0.242 e. The number of amides is 2. The molecule has 2 amide bonds. The normalized spacial score (nSPS) is 14.0. The van der Waals surface area contributed by atoms with E-state index < -0.39 is 0 Å². The van der Waals surface area contributed by atoms with Crippen molar-refractivity contribution in [2.75, 3.05) is 42.5 Å². The highest BCUT2D eigenvalue weighted by Gasteiger charge is 2.19. The van der Waals surface area contributed by atoms with Gasteiger partial charge in [-0.3, -0.25) is 9.59 Å². The van der Waals surface area contributed by atoms with Crippen molar-refractivity contribution in [1.29, 1.82) is 0 Å². The van der Waals surface area contributed by atoms with Gasteiger partial charge < -0.3 is 14.7 Å². The summed E-state index contributed by atoms with van der Waals surface area (Å²) in [5.41, 5.74) is 1.96. The molecule has 0 aromatic heterocycles. The number of likely N-dealkylation sites (N-methyl/N-ethyl adjacent to an activating group) is 1. The van der Waals surface area contributed by atoms with Gasteiger partial charge in [0.1, 0.15) is 6.54 Å². The first kappa shape index (κ1) is 17.3. The molecule has 1 heterocycles. The highest BCUT2D eigenvalue weighted by Crippen LogP contribution is 2.24. The Kier molecular flexibility index (Phi) is 6.02. The molecule has 1 aromatic carbocycles. The Labute approximate surface area is 138 Å². The lowest BCUT2D eigenvalue weighted by Crippen LogP contribution is -2.42. The van der Waals surface area contributed by atoms with Crippen molar-refractivity contribution in [3.8, 4) is 0 Å². The number of rotatable bonds is 6. The summed E-state index contributed by atoms with van der Waals surface area (Å²) >= 11 is 0. The first-order valence-corrected chi connectivity index (χ1v) is 8.47. The third-order valence-corrected chi connectivity index (χ3v) is 4.42. The van der Waals surface area contributed by atoms with E-state index in [-0.39, 0.29) is 18.4 Å². The van der Waals surface area contributed by atoms with E-state index in [1.54, 1.807) is 9.80 Å². The van der Waals surface area contributed by atoms with Crippen molar-refractivity contribution in [2.24, 2.45) is 0 Å². The van der Waals surface area contributed by atoms with Crippen LogP contribution >= 0.6 is 0 Å². The zero-order valence-corrected chi connectivity index (χ0v) is 14.4. The average Bonchev–Trinajstić information content (AvgIpc) is 3.08. The molecule has 0 spiro atoms. The van der Waals surface area contributed by atoms with Crippen LogP contribution in [0.25, 0.3) is 0 Å². The Hall–Kier alpha value is -2.04. The van der Waals surface area contributed by atoms with Crippen LogP contribution in [0.3, 0.4) is 0 Å². The minimum Gasteiger partial charge on any atom is -0.372 e. The topological polar surface area (TPSA) is 43.9 Å². The Bertz CT molecular complexity index is 532. The van der Waals surface area contributed by atoms with E-state index in [9.17, 15) is 9.59 Å². The molecule has 0 aliphatic carbocycles. The minimum atomic E-state index is -0.112. The first-order valence-electron chi connectivity index (χ1n) is 8.47. The highest BCUT2D eigenvalue weighted by atomic mass is 16.2. The minimum absolute atomic E-state index is 0.0196. The molecule has 0 unspecified atom stereocenters. The molecule has 5 nitrogen and oxygen atoms in total. The van der Waals surface area contributed by atoms with Gasteiger partial charge in [0.05, 0.1) is 0 Å². The number of carbonyl (C=O) groups is 2. The van der Waals surface area contributed by atoms with Gasteiger partial charge in [-0.2, -0.15) is 0 Å². The van der Waals surface area contributed by atoms with Crippen molar-refractivity contribution in [2.45, 2.75) is 33.6 Å². The van der Waals surface area contributed by atoms with Crippen molar-refractivity contribution in [3.05, 3.63) is 24.3 Å². The van der Waals surface area contributed by atoms with Crippen LogP contribution in [0, 0.1) is 0 Å². The number of hydrogen-bond acceptors (Lipinski definition) is 3. The fourth-order valence-corrected chi connectivity index (χ4v) is 3.01. The van der Waals surface area contributed by atoms with Gasteiger partial charge >= 0.3 is 0 Å². The predicted molar refractivity (Wildman–Crippen MR) is 93.8 cm³/mol. The maximum Gasteiger partial charge on any atom is 0.242 e. The maximum atomic E-state index is 12.3. The summed E-state index contributed by atoms with van der Waals surface area (Å²) in [5, 5.41) is 0. The van der Waals surface area contributed by atoms with Gasteiger partial charge in [0, 0.05) is 44.5 Å². The molecule has 1 aliphatic heterocycles. The molecule has 0 bridgehead atoms. The van der Waals surface area contributed by atoms with Gasteiger partial charge in [0.15, 0.2) is 0 Å². The molecule has 2 rings (SSSR count). The highest BCUT2D eigenvalue weighted by molar-refractivity contribution is 5.97. The Morgan fingerprint density at radius 3 is 2.09 bits per heavy atom. The molecule has 126 valence electrons. The van der Waals surface area contributed by atoms with Crippen molar-refractivity contribution >= 4 is 23.2 Å². The van der Waals surface area contributed by atoms with E-state index in [4.69, 9.17) is 0 Å². The lowest BCUT2D eigenvalue weighted by molar-refractivity contribution is -0.130. The SMILES string of the molecule is CCN(CC)C(=O)CN(C(C)=O)c1ccc(N2CCCC2)cc1. The number of nitrogens with zero attached hydrogens (tertiary/aromatic N) is 3. The lowest BCUT2D eigenvalue weighted by Gasteiger charge is -2.26. The molecular formula is C18H27N3O2. The number of hydrogen-bond donors (Lipinski definition) is 0. The van der Waals surface area contributed by atoms with Crippen LogP contribution in [0.2, 0.25) is 0 Å². The van der Waals surface area contributed by atoms with E-state index >= 15 is 0 Å². The van der Waals surface area contributed by atoms with Crippen LogP contribution in [0.4, 0.5) is 11.4 Å². The third-order valence-electron chi connectivity index (χ3n) is 4.42. The fourth-order valence-electron chi connectivity index (χ4n) is 3.01. The van der Waals surface area contributed by atoms with Crippen LogP contribution in [0.15, 0.2) is 24.3 Å². The summed E-state index contributed by atoms with van der Waals surface area (Å²) in [6.07, 6.45) is 2.47. The van der Waals surface area contributed by atoms with Crippen molar-refractivity contribution < 1.29 is 9.59 Å². The molecule has 0 radical (unpaired) electrons. The monoisotopic (exact) mass is 317 g/mol. The summed E-state index contributed by atoms with van der Waals surface area (Å²) < 4.78 is 0. The van der Waals surface area contributed by atoms with Gasteiger partial charge in [0.2, 0.25) is 11.8 Å². The van der Waals surface area contributed by atoms with Crippen molar-refractivity contribution in [3.63, 3.8) is 0 Å². The Morgan fingerprint density at radius 2 is 1.61 bits per heavy atom. The standard InChI is InChI=1S/C18H27N3O2/c1-4-19(5-2)18(23)14-21(15(3)22)17-10-8-16(9-11-17)20-12-6-7-13-20/h8-11H,4-7,12-14H2,1-3H3. The molecule has 23 heavy (non-hydrogen) atoms. The number of anilines is 2. The summed E-state index contributed by atoms with van der Waals surface area (Å²) in [5.74, 6) is -0.131. The second kappa shape index (κ2) is 7.99. The largest absolute Gasteiger partial charge is 0.372 e. The third kappa shape index (κ3) is 4.24. The zero-order valence-electron chi connectivity index (χ0n) is 14.4. The number of carbonyl (C=O) groups excluding carboxylic acids is 2. The summed E-state index contributed by atoms with van der Waals surface area (Å²) in [6.45, 7) is 9.01. The molecule has 1 aromatic rings. The average molecular weight is 317 g/mol. The zero-order chi connectivity index (χ0) is 16.8. The van der Waals surface area contributed by atoms with E-state index in [0.29, 0.717) is 13.1 Å². The van der Waals surface area contributed by atoms with E-state index in [2.05, 4.69) is 4.90 Å². The molecule has 1 fully saturated rings. The van der Waals surface area contributed by atoms with Crippen LogP contribution in [0.5, 0.6) is 0 Å². The molecule has 1 saturated heterocycles. The molecule has 0 saturated carbocycles. The van der Waals surface area contributed by atoms with Crippen LogP contribution < -0.4 is 9.80 Å². The van der Waals surface area contributed by atoms with Crippen LogP contribution in [0.1, 0.15) is 33.6 Å². The molecular weight excluding hydrogens is 290 g/mol.